The summed E-state index contributed by atoms with van der Waals surface area (Å²) in [5.74, 6) is 1.33. The molecule has 0 saturated carbocycles. The summed E-state index contributed by atoms with van der Waals surface area (Å²) < 4.78 is 16.4. The Hall–Kier alpha value is -2.73. The zero-order valence-electron chi connectivity index (χ0n) is 14.6. The van der Waals surface area contributed by atoms with E-state index >= 15 is 0 Å². The summed E-state index contributed by atoms with van der Waals surface area (Å²) in [5.41, 5.74) is 2.87. The SMILES string of the molecule is O=C(Cc1ccc(N2CCOCC2)cc1)Nc1ccc2c(c1)OCCO2. The van der Waals surface area contributed by atoms with Crippen LogP contribution in [0, 0.1) is 0 Å². The zero-order chi connectivity index (χ0) is 17.8. The molecule has 2 aromatic carbocycles. The van der Waals surface area contributed by atoms with Crippen LogP contribution in [0.4, 0.5) is 11.4 Å². The molecule has 2 aliphatic rings. The highest BCUT2D eigenvalue weighted by molar-refractivity contribution is 5.92. The van der Waals surface area contributed by atoms with Gasteiger partial charge in [0.15, 0.2) is 11.5 Å². The van der Waals surface area contributed by atoms with E-state index in [0.29, 0.717) is 36.8 Å². The van der Waals surface area contributed by atoms with Crippen LogP contribution in [0.25, 0.3) is 0 Å². The van der Waals surface area contributed by atoms with Crippen LogP contribution >= 0.6 is 0 Å². The van der Waals surface area contributed by atoms with Crippen LogP contribution in [0.5, 0.6) is 11.5 Å². The van der Waals surface area contributed by atoms with E-state index in [9.17, 15) is 4.79 Å². The van der Waals surface area contributed by atoms with E-state index in [1.165, 1.54) is 5.69 Å². The van der Waals surface area contributed by atoms with E-state index in [0.717, 1.165) is 31.9 Å². The summed E-state index contributed by atoms with van der Waals surface area (Å²) >= 11 is 0. The minimum absolute atomic E-state index is 0.0548. The zero-order valence-corrected chi connectivity index (χ0v) is 14.6. The van der Waals surface area contributed by atoms with Gasteiger partial charge in [0.05, 0.1) is 19.6 Å². The molecule has 0 aromatic heterocycles. The van der Waals surface area contributed by atoms with Crippen LogP contribution in [0.2, 0.25) is 0 Å². The number of fused-ring (bicyclic) bond motifs is 1. The van der Waals surface area contributed by atoms with Gasteiger partial charge in [0.25, 0.3) is 0 Å². The molecular formula is C20H22N2O4. The Morgan fingerprint density at radius 2 is 1.65 bits per heavy atom. The summed E-state index contributed by atoms with van der Waals surface area (Å²) in [6, 6.07) is 13.6. The van der Waals surface area contributed by atoms with Crippen molar-refractivity contribution in [2.24, 2.45) is 0 Å². The van der Waals surface area contributed by atoms with E-state index in [2.05, 4.69) is 22.3 Å². The van der Waals surface area contributed by atoms with Crippen molar-refractivity contribution in [3.63, 3.8) is 0 Å². The summed E-state index contributed by atoms with van der Waals surface area (Å²) in [5, 5.41) is 2.92. The van der Waals surface area contributed by atoms with Gasteiger partial charge in [-0.15, -0.1) is 0 Å². The van der Waals surface area contributed by atoms with E-state index in [1.807, 2.05) is 24.3 Å². The molecule has 1 saturated heterocycles. The number of amides is 1. The Labute approximate surface area is 152 Å². The maximum absolute atomic E-state index is 12.3. The van der Waals surface area contributed by atoms with Gasteiger partial charge in [-0.3, -0.25) is 4.79 Å². The highest BCUT2D eigenvalue weighted by atomic mass is 16.6. The molecular weight excluding hydrogens is 332 g/mol. The summed E-state index contributed by atoms with van der Waals surface area (Å²) in [6.07, 6.45) is 0.331. The molecule has 0 atom stereocenters. The van der Waals surface area contributed by atoms with Crippen LogP contribution in [-0.2, 0) is 16.0 Å². The third-order valence-electron chi connectivity index (χ3n) is 4.50. The fourth-order valence-corrected chi connectivity index (χ4v) is 3.16. The van der Waals surface area contributed by atoms with Crippen molar-refractivity contribution in [2.45, 2.75) is 6.42 Å². The molecule has 26 heavy (non-hydrogen) atoms. The molecule has 0 aliphatic carbocycles. The van der Waals surface area contributed by atoms with Gasteiger partial charge < -0.3 is 24.4 Å². The minimum atomic E-state index is -0.0548. The third kappa shape index (κ3) is 3.91. The first-order chi connectivity index (χ1) is 12.8. The van der Waals surface area contributed by atoms with E-state index in [-0.39, 0.29) is 5.91 Å². The van der Waals surface area contributed by atoms with Crippen LogP contribution in [0.1, 0.15) is 5.56 Å². The second-order valence-electron chi connectivity index (χ2n) is 6.35. The predicted molar refractivity (Wildman–Crippen MR) is 99.2 cm³/mol. The van der Waals surface area contributed by atoms with Gasteiger partial charge in [0.2, 0.25) is 5.91 Å². The molecule has 6 heteroatoms. The molecule has 2 aromatic rings. The number of anilines is 2. The molecule has 0 radical (unpaired) electrons. The number of ether oxygens (including phenoxy) is 3. The Bertz CT molecular complexity index is 770. The van der Waals surface area contributed by atoms with Gasteiger partial charge in [-0.05, 0) is 29.8 Å². The summed E-state index contributed by atoms with van der Waals surface area (Å²) in [7, 11) is 0. The summed E-state index contributed by atoms with van der Waals surface area (Å²) in [6.45, 7) is 4.42. The van der Waals surface area contributed by atoms with Crippen molar-refractivity contribution in [3.05, 3.63) is 48.0 Å². The number of nitrogens with one attached hydrogen (secondary N) is 1. The Morgan fingerprint density at radius 1 is 0.923 bits per heavy atom. The van der Waals surface area contributed by atoms with E-state index in [1.54, 1.807) is 6.07 Å². The summed E-state index contributed by atoms with van der Waals surface area (Å²) in [4.78, 5) is 14.6. The molecule has 0 spiro atoms. The normalized spacial score (nSPS) is 16.2. The largest absolute Gasteiger partial charge is 0.486 e. The van der Waals surface area contributed by atoms with Gasteiger partial charge in [0, 0.05) is 30.5 Å². The van der Waals surface area contributed by atoms with Gasteiger partial charge in [-0.1, -0.05) is 12.1 Å². The van der Waals surface area contributed by atoms with Crippen molar-refractivity contribution in [1.29, 1.82) is 0 Å². The molecule has 1 fully saturated rings. The maximum atomic E-state index is 12.3. The first kappa shape index (κ1) is 16.7. The second-order valence-corrected chi connectivity index (χ2v) is 6.35. The first-order valence-electron chi connectivity index (χ1n) is 8.89. The van der Waals surface area contributed by atoms with Gasteiger partial charge >= 0.3 is 0 Å². The molecule has 1 amide bonds. The Morgan fingerprint density at radius 3 is 2.42 bits per heavy atom. The molecule has 0 unspecified atom stereocenters. The Balaban J connectivity index is 1.35. The van der Waals surface area contributed by atoms with E-state index in [4.69, 9.17) is 14.2 Å². The van der Waals surface area contributed by atoms with Crippen molar-refractivity contribution in [3.8, 4) is 11.5 Å². The van der Waals surface area contributed by atoms with Crippen molar-refractivity contribution in [2.75, 3.05) is 49.7 Å². The number of morpholine rings is 1. The predicted octanol–water partition coefficient (Wildman–Crippen LogP) is 2.48. The van der Waals surface area contributed by atoms with Crippen molar-refractivity contribution < 1.29 is 19.0 Å². The highest BCUT2D eigenvalue weighted by Gasteiger charge is 2.14. The lowest BCUT2D eigenvalue weighted by Gasteiger charge is -2.28. The Kier molecular flexibility index (Phi) is 4.93. The average molecular weight is 354 g/mol. The van der Waals surface area contributed by atoms with E-state index < -0.39 is 0 Å². The van der Waals surface area contributed by atoms with Crippen LogP contribution in [0.3, 0.4) is 0 Å². The topological polar surface area (TPSA) is 60.0 Å². The molecule has 6 nitrogen and oxygen atoms in total. The lowest BCUT2D eigenvalue weighted by molar-refractivity contribution is -0.115. The van der Waals surface area contributed by atoms with Crippen molar-refractivity contribution in [1.82, 2.24) is 0 Å². The monoisotopic (exact) mass is 354 g/mol. The number of nitrogens with zero attached hydrogens (tertiary/aromatic N) is 1. The van der Waals surface area contributed by atoms with Crippen LogP contribution in [-0.4, -0.2) is 45.4 Å². The number of benzene rings is 2. The third-order valence-corrected chi connectivity index (χ3v) is 4.50. The molecule has 2 aliphatic heterocycles. The fraction of sp³-hybridized carbons (Fsp3) is 0.350. The lowest BCUT2D eigenvalue weighted by atomic mass is 10.1. The van der Waals surface area contributed by atoms with Crippen LogP contribution in [0.15, 0.2) is 42.5 Å². The molecule has 2 heterocycles. The fourth-order valence-electron chi connectivity index (χ4n) is 3.16. The second kappa shape index (κ2) is 7.66. The number of hydrogen-bond acceptors (Lipinski definition) is 5. The number of hydrogen-bond donors (Lipinski definition) is 1. The molecule has 4 rings (SSSR count). The van der Waals surface area contributed by atoms with Gasteiger partial charge in [-0.2, -0.15) is 0 Å². The average Bonchev–Trinajstić information content (AvgIpc) is 2.69. The highest BCUT2D eigenvalue weighted by Crippen LogP contribution is 2.32. The van der Waals surface area contributed by atoms with Crippen molar-refractivity contribution >= 4 is 17.3 Å². The minimum Gasteiger partial charge on any atom is -0.486 e. The lowest BCUT2D eigenvalue weighted by Crippen LogP contribution is -2.36. The van der Waals surface area contributed by atoms with Gasteiger partial charge in [-0.25, -0.2) is 0 Å². The molecule has 0 bridgehead atoms. The molecule has 1 N–H and O–H groups in total. The smallest absolute Gasteiger partial charge is 0.228 e. The van der Waals surface area contributed by atoms with Gasteiger partial charge in [0.1, 0.15) is 13.2 Å². The number of carbonyl (C=O) groups excluding carboxylic acids is 1. The number of rotatable bonds is 4. The number of carbonyl (C=O) groups is 1. The maximum Gasteiger partial charge on any atom is 0.228 e. The quantitative estimate of drug-likeness (QED) is 0.914. The first-order valence-corrected chi connectivity index (χ1v) is 8.89. The molecule has 136 valence electrons. The van der Waals surface area contributed by atoms with Crippen LogP contribution < -0.4 is 19.7 Å². The standard InChI is InChI=1S/C20H22N2O4/c23-20(21-16-3-6-18-19(14-16)26-12-11-25-18)13-15-1-4-17(5-2-15)22-7-9-24-10-8-22/h1-6,14H,7-13H2,(H,21,23).